The van der Waals surface area contributed by atoms with Gasteiger partial charge in [-0.3, -0.25) is 9.59 Å². The molecular formula is C17H19N3O4. The Balaban J connectivity index is 1.93. The number of methoxy groups -OCH3 is 1. The summed E-state index contributed by atoms with van der Waals surface area (Å²) in [6.45, 7) is 2.99. The third-order valence-corrected chi connectivity index (χ3v) is 3.90. The number of fused-ring (bicyclic) bond motifs is 1. The van der Waals surface area contributed by atoms with E-state index in [0.717, 1.165) is 5.56 Å². The van der Waals surface area contributed by atoms with Gasteiger partial charge in [-0.05, 0) is 19.4 Å². The van der Waals surface area contributed by atoms with E-state index in [-0.39, 0.29) is 11.5 Å². The van der Waals surface area contributed by atoms with Crippen LogP contribution in [0.25, 0.3) is 0 Å². The number of H-pyrrole nitrogens is 1. The summed E-state index contributed by atoms with van der Waals surface area (Å²) in [6, 6.07) is 5.56. The minimum absolute atomic E-state index is 0.0477. The van der Waals surface area contributed by atoms with E-state index in [1.165, 1.54) is 6.20 Å². The van der Waals surface area contributed by atoms with Gasteiger partial charge in [0.15, 0.2) is 11.5 Å². The summed E-state index contributed by atoms with van der Waals surface area (Å²) in [6.07, 6.45) is 2.00. The Morgan fingerprint density at radius 1 is 1.42 bits per heavy atom. The third kappa shape index (κ3) is 3.10. The number of nitrogens with zero attached hydrogens (tertiary/aromatic N) is 2. The van der Waals surface area contributed by atoms with Crippen LogP contribution < -0.4 is 15.0 Å². The number of carbonyl (C=O) groups excluding carboxylic acids is 1. The highest BCUT2D eigenvalue weighted by molar-refractivity contribution is 5.93. The average Bonchev–Trinajstić information content (AvgIpc) is 2.54. The van der Waals surface area contributed by atoms with Gasteiger partial charge < -0.3 is 19.4 Å². The Kier molecular flexibility index (Phi) is 4.50. The van der Waals surface area contributed by atoms with Crippen molar-refractivity contribution in [3.05, 3.63) is 51.7 Å². The number of hydrogen-bond acceptors (Lipinski definition) is 5. The van der Waals surface area contributed by atoms with Crippen LogP contribution >= 0.6 is 0 Å². The van der Waals surface area contributed by atoms with Crippen LogP contribution in [-0.2, 0) is 6.54 Å². The lowest BCUT2D eigenvalue weighted by atomic mass is 10.1. The van der Waals surface area contributed by atoms with Crippen LogP contribution in [0.2, 0.25) is 0 Å². The van der Waals surface area contributed by atoms with Crippen molar-refractivity contribution in [1.82, 2.24) is 14.9 Å². The maximum Gasteiger partial charge on any atom is 0.263 e. The zero-order chi connectivity index (χ0) is 17.1. The van der Waals surface area contributed by atoms with Crippen LogP contribution in [0.15, 0.2) is 29.2 Å². The number of aryl methyl sites for hydroxylation is 1. The molecule has 7 heteroatoms. The first-order valence-corrected chi connectivity index (χ1v) is 7.74. The maximum absolute atomic E-state index is 12.8. The van der Waals surface area contributed by atoms with Gasteiger partial charge in [0.05, 0.1) is 13.7 Å². The summed E-state index contributed by atoms with van der Waals surface area (Å²) < 4.78 is 11.1. The predicted octanol–water partition coefficient (Wildman–Crippen LogP) is 1.51. The molecule has 0 bridgehead atoms. The molecular weight excluding hydrogens is 310 g/mol. The molecule has 2 aromatic rings. The highest BCUT2D eigenvalue weighted by atomic mass is 16.5. The molecule has 1 aliphatic heterocycles. The van der Waals surface area contributed by atoms with E-state index >= 15 is 0 Å². The summed E-state index contributed by atoms with van der Waals surface area (Å²) in [7, 11) is 1.58. The Labute approximate surface area is 139 Å². The normalized spacial score (nSPS) is 14.2. The molecule has 2 heterocycles. The molecule has 24 heavy (non-hydrogen) atoms. The van der Waals surface area contributed by atoms with E-state index in [1.807, 2.05) is 18.2 Å². The van der Waals surface area contributed by atoms with E-state index in [9.17, 15) is 9.59 Å². The number of para-hydroxylation sites is 1. The Morgan fingerprint density at radius 2 is 2.25 bits per heavy atom. The molecule has 1 aromatic carbocycles. The van der Waals surface area contributed by atoms with Gasteiger partial charge >= 0.3 is 0 Å². The largest absolute Gasteiger partial charge is 0.493 e. The fraction of sp³-hybridized carbons (Fsp3) is 0.353. The molecule has 0 atom stereocenters. The Hall–Kier alpha value is -2.83. The summed E-state index contributed by atoms with van der Waals surface area (Å²) in [4.78, 5) is 33.0. The first-order valence-electron chi connectivity index (χ1n) is 7.74. The van der Waals surface area contributed by atoms with E-state index in [2.05, 4.69) is 9.97 Å². The fourth-order valence-corrected chi connectivity index (χ4v) is 2.70. The van der Waals surface area contributed by atoms with Crippen molar-refractivity contribution < 1.29 is 14.3 Å². The first kappa shape index (κ1) is 16.0. The van der Waals surface area contributed by atoms with Crippen molar-refractivity contribution >= 4 is 5.91 Å². The SMILES string of the molecule is COc1cccc2c1OCCCN(C(=O)c1cnc(C)[nH]c1=O)C2. The number of aromatic amines is 1. The monoisotopic (exact) mass is 329 g/mol. The van der Waals surface area contributed by atoms with Crippen molar-refractivity contribution in [3.63, 3.8) is 0 Å². The number of nitrogens with one attached hydrogen (secondary N) is 1. The van der Waals surface area contributed by atoms with Gasteiger partial charge in [0.1, 0.15) is 11.4 Å². The zero-order valence-corrected chi connectivity index (χ0v) is 13.7. The smallest absolute Gasteiger partial charge is 0.263 e. The average molecular weight is 329 g/mol. The number of hydrogen-bond donors (Lipinski definition) is 1. The van der Waals surface area contributed by atoms with Crippen LogP contribution in [-0.4, -0.2) is 41.0 Å². The molecule has 7 nitrogen and oxygen atoms in total. The zero-order valence-electron chi connectivity index (χ0n) is 13.7. The van der Waals surface area contributed by atoms with Crippen LogP contribution in [0.5, 0.6) is 11.5 Å². The Morgan fingerprint density at radius 3 is 3.00 bits per heavy atom. The van der Waals surface area contributed by atoms with Crippen molar-refractivity contribution in [2.75, 3.05) is 20.3 Å². The van der Waals surface area contributed by atoms with Gasteiger partial charge in [0, 0.05) is 24.8 Å². The molecule has 1 aliphatic rings. The minimum atomic E-state index is -0.420. The second-order valence-corrected chi connectivity index (χ2v) is 5.59. The molecule has 0 fully saturated rings. The molecule has 0 aliphatic carbocycles. The summed E-state index contributed by atoms with van der Waals surface area (Å²) in [5.41, 5.74) is 0.474. The second kappa shape index (κ2) is 6.74. The van der Waals surface area contributed by atoms with Crippen LogP contribution in [0.3, 0.4) is 0 Å². The van der Waals surface area contributed by atoms with E-state index < -0.39 is 5.56 Å². The highest BCUT2D eigenvalue weighted by Gasteiger charge is 2.23. The molecule has 0 spiro atoms. The number of rotatable bonds is 2. The molecule has 126 valence electrons. The molecule has 1 N–H and O–H groups in total. The Bertz CT molecular complexity index is 816. The number of aromatic nitrogens is 2. The van der Waals surface area contributed by atoms with Crippen molar-refractivity contribution in [2.45, 2.75) is 19.9 Å². The van der Waals surface area contributed by atoms with Crippen LogP contribution in [0.1, 0.15) is 28.2 Å². The summed E-state index contributed by atoms with van der Waals surface area (Å²) in [5, 5.41) is 0. The summed E-state index contributed by atoms with van der Waals surface area (Å²) >= 11 is 0. The van der Waals surface area contributed by atoms with E-state index in [0.29, 0.717) is 43.4 Å². The van der Waals surface area contributed by atoms with Crippen LogP contribution in [0, 0.1) is 6.92 Å². The standard InChI is InChI=1S/C17H19N3O4/c1-11-18-9-13(16(21)19-11)17(22)20-7-4-8-24-15-12(10-20)5-3-6-14(15)23-2/h3,5-6,9H,4,7-8,10H2,1-2H3,(H,18,19,21). The molecule has 1 amide bonds. The summed E-state index contributed by atoms with van der Waals surface area (Å²) in [5.74, 6) is 1.43. The minimum Gasteiger partial charge on any atom is -0.493 e. The van der Waals surface area contributed by atoms with Crippen molar-refractivity contribution in [1.29, 1.82) is 0 Å². The first-order chi connectivity index (χ1) is 11.6. The van der Waals surface area contributed by atoms with E-state index in [4.69, 9.17) is 9.47 Å². The molecule has 0 unspecified atom stereocenters. The lowest BCUT2D eigenvalue weighted by molar-refractivity contribution is 0.0719. The van der Waals surface area contributed by atoms with Gasteiger partial charge in [-0.25, -0.2) is 4.98 Å². The van der Waals surface area contributed by atoms with Gasteiger partial charge in [0.25, 0.3) is 11.5 Å². The predicted molar refractivity (Wildman–Crippen MR) is 87.4 cm³/mol. The fourth-order valence-electron chi connectivity index (χ4n) is 2.70. The quantitative estimate of drug-likeness (QED) is 0.903. The number of amides is 1. The lowest BCUT2D eigenvalue weighted by Crippen LogP contribution is -2.37. The molecule has 3 rings (SSSR count). The van der Waals surface area contributed by atoms with Gasteiger partial charge in [-0.2, -0.15) is 0 Å². The topological polar surface area (TPSA) is 84.5 Å². The van der Waals surface area contributed by atoms with Crippen molar-refractivity contribution in [2.24, 2.45) is 0 Å². The highest BCUT2D eigenvalue weighted by Crippen LogP contribution is 2.33. The molecule has 0 radical (unpaired) electrons. The van der Waals surface area contributed by atoms with Crippen LogP contribution in [0.4, 0.5) is 0 Å². The van der Waals surface area contributed by atoms with Gasteiger partial charge in [-0.1, -0.05) is 12.1 Å². The molecule has 0 saturated heterocycles. The number of benzene rings is 1. The van der Waals surface area contributed by atoms with Gasteiger partial charge in [0.2, 0.25) is 0 Å². The molecule has 1 aromatic heterocycles. The second-order valence-electron chi connectivity index (χ2n) is 5.59. The number of carbonyl (C=O) groups is 1. The van der Waals surface area contributed by atoms with Gasteiger partial charge in [-0.15, -0.1) is 0 Å². The maximum atomic E-state index is 12.8. The third-order valence-electron chi connectivity index (χ3n) is 3.90. The number of ether oxygens (including phenoxy) is 2. The van der Waals surface area contributed by atoms with E-state index in [1.54, 1.807) is 18.9 Å². The lowest BCUT2D eigenvalue weighted by Gasteiger charge is -2.27. The van der Waals surface area contributed by atoms with Crippen molar-refractivity contribution in [3.8, 4) is 11.5 Å². The molecule has 0 saturated carbocycles.